The first-order valence-corrected chi connectivity index (χ1v) is 7.02. The molecule has 2 heterocycles. The Kier molecular flexibility index (Phi) is 4.18. The number of halogens is 4. The summed E-state index contributed by atoms with van der Waals surface area (Å²) < 4.78 is 34.4. The molecule has 0 radical (unpaired) electrons. The van der Waals surface area contributed by atoms with Gasteiger partial charge in [-0.1, -0.05) is 23.2 Å². The van der Waals surface area contributed by atoms with Crippen LogP contribution in [-0.4, -0.2) is 11.6 Å². The van der Waals surface area contributed by atoms with Crippen LogP contribution in [0.4, 0.5) is 8.78 Å². The third kappa shape index (κ3) is 3.00. The van der Waals surface area contributed by atoms with Crippen LogP contribution in [0.15, 0.2) is 30.6 Å². The number of aromatic nitrogens is 1. The molecule has 3 nitrogen and oxygen atoms in total. The van der Waals surface area contributed by atoms with Crippen LogP contribution in [0.25, 0.3) is 11.8 Å². The number of hydrogen-bond donors (Lipinski definition) is 0. The predicted molar refractivity (Wildman–Crippen MR) is 80.0 cm³/mol. The number of fused-ring (bicyclic) bond motifs is 1. The van der Waals surface area contributed by atoms with E-state index in [1.54, 1.807) is 12.1 Å². The highest BCUT2D eigenvalue weighted by Gasteiger charge is 2.20. The molecule has 1 aliphatic heterocycles. The molecule has 0 fully saturated rings. The van der Waals surface area contributed by atoms with Crippen molar-refractivity contribution in [2.45, 2.75) is 13.2 Å². The monoisotopic (exact) mass is 343 g/mol. The molecule has 0 atom stereocenters. The molecule has 1 aromatic carbocycles. The Labute approximate surface area is 135 Å². The van der Waals surface area contributed by atoms with E-state index in [-0.39, 0.29) is 12.4 Å². The van der Waals surface area contributed by atoms with E-state index in [4.69, 9.17) is 27.9 Å². The zero-order chi connectivity index (χ0) is 15.7. The molecular weight excluding hydrogens is 335 g/mol. The molecule has 7 heteroatoms. The molecular formula is C15H9Cl2F2NO2. The van der Waals surface area contributed by atoms with E-state index in [1.165, 1.54) is 24.5 Å². The van der Waals surface area contributed by atoms with Gasteiger partial charge in [-0.05, 0) is 24.3 Å². The second-order valence-corrected chi connectivity index (χ2v) is 5.33. The Morgan fingerprint density at radius 2 is 1.95 bits per heavy atom. The molecule has 0 aliphatic carbocycles. The highest BCUT2D eigenvalue weighted by Crippen LogP contribution is 2.36. The van der Waals surface area contributed by atoms with Crippen molar-refractivity contribution in [2.75, 3.05) is 0 Å². The van der Waals surface area contributed by atoms with Crippen LogP contribution in [-0.2, 0) is 11.3 Å². The van der Waals surface area contributed by atoms with Crippen molar-refractivity contribution in [3.8, 4) is 5.75 Å². The summed E-state index contributed by atoms with van der Waals surface area (Å²) in [5, 5.41) is 0.796. The highest BCUT2D eigenvalue weighted by atomic mass is 35.5. The lowest BCUT2D eigenvalue weighted by molar-refractivity contribution is -0.0499. The predicted octanol–water partition coefficient (Wildman–Crippen LogP) is 5.02. The van der Waals surface area contributed by atoms with Crippen molar-refractivity contribution < 1.29 is 18.3 Å². The number of nitrogens with zero attached hydrogens (tertiary/aromatic N) is 1. The summed E-state index contributed by atoms with van der Waals surface area (Å²) >= 11 is 12.1. The molecule has 2 aromatic rings. The second kappa shape index (κ2) is 6.10. The average Bonchev–Trinajstić information content (AvgIpc) is 2.85. The summed E-state index contributed by atoms with van der Waals surface area (Å²) in [7, 11) is 0. The zero-order valence-corrected chi connectivity index (χ0v) is 12.5. The Balaban J connectivity index is 1.96. The average molecular weight is 344 g/mol. The minimum absolute atomic E-state index is 0.0959. The van der Waals surface area contributed by atoms with Gasteiger partial charge in [0.1, 0.15) is 18.1 Å². The zero-order valence-electron chi connectivity index (χ0n) is 11.0. The lowest BCUT2D eigenvalue weighted by Crippen LogP contribution is -2.02. The molecule has 1 aromatic heterocycles. The highest BCUT2D eigenvalue weighted by molar-refractivity contribution is 6.37. The summed E-state index contributed by atoms with van der Waals surface area (Å²) in [6.07, 6.45) is 4.66. The molecule has 22 heavy (non-hydrogen) atoms. The van der Waals surface area contributed by atoms with Crippen LogP contribution in [0.5, 0.6) is 5.75 Å². The minimum Gasteiger partial charge on any atom is -0.488 e. The lowest BCUT2D eigenvalue weighted by atomic mass is 10.1. The first-order chi connectivity index (χ1) is 10.5. The Morgan fingerprint density at radius 3 is 2.64 bits per heavy atom. The smallest absolute Gasteiger partial charge is 0.387 e. The van der Waals surface area contributed by atoms with E-state index >= 15 is 0 Å². The number of benzene rings is 1. The van der Waals surface area contributed by atoms with Crippen molar-refractivity contribution in [1.29, 1.82) is 0 Å². The van der Waals surface area contributed by atoms with Crippen LogP contribution in [0.2, 0.25) is 10.0 Å². The maximum atomic E-state index is 12.2. The maximum Gasteiger partial charge on any atom is 0.387 e. The summed E-state index contributed by atoms with van der Waals surface area (Å²) in [6, 6.07) is 4.65. The van der Waals surface area contributed by atoms with Gasteiger partial charge in [0.05, 0.1) is 10.0 Å². The molecule has 3 rings (SSSR count). The molecule has 0 N–H and O–H groups in total. The Morgan fingerprint density at radius 1 is 1.23 bits per heavy atom. The second-order valence-electron chi connectivity index (χ2n) is 4.51. The number of pyridine rings is 1. The van der Waals surface area contributed by atoms with Gasteiger partial charge in [-0.3, -0.25) is 4.98 Å². The molecule has 0 saturated carbocycles. The molecule has 0 unspecified atom stereocenters. The van der Waals surface area contributed by atoms with E-state index in [9.17, 15) is 8.78 Å². The SMILES string of the molecule is FC(F)Oc1ccc2c(c1)COC2=Cc1c(Cl)cncc1Cl. The van der Waals surface area contributed by atoms with Gasteiger partial charge in [0.15, 0.2) is 0 Å². The fraction of sp³-hybridized carbons (Fsp3) is 0.133. The third-order valence-corrected chi connectivity index (χ3v) is 3.72. The van der Waals surface area contributed by atoms with Gasteiger partial charge >= 0.3 is 6.61 Å². The number of ether oxygens (including phenoxy) is 2. The first kappa shape index (κ1) is 15.1. The summed E-state index contributed by atoms with van der Waals surface area (Å²) in [6.45, 7) is -2.59. The molecule has 0 amide bonds. The van der Waals surface area contributed by atoms with Crippen molar-refractivity contribution >= 4 is 35.0 Å². The normalized spacial score (nSPS) is 15.0. The van der Waals surface area contributed by atoms with E-state index in [0.29, 0.717) is 21.4 Å². The molecule has 114 valence electrons. The van der Waals surface area contributed by atoms with Crippen LogP contribution < -0.4 is 4.74 Å². The van der Waals surface area contributed by atoms with Crippen LogP contribution in [0, 0.1) is 0 Å². The largest absolute Gasteiger partial charge is 0.488 e. The minimum atomic E-state index is -2.86. The van der Waals surface area contributed by atoms with Crippen molar-refractivity contribution in [3.05, 3.63) is 57.3 Å². The van der Waals surface area contributed by atoms with Crippen molar-refractivity contribution in [3.63, 3.8) is 0 Å². The first-order valence-electron chi connectivity index (χ1n) is 6.26. The third-order valence-electron chi connectivity index (χ3n) is 3.12. The summed E-state index contributed by atoms with van der Waals surface area (Å²) in [5.74, 6) is 0.659. The van der Waals surface area contributed by atoms with Gasteiger partial charge in [-0.2, -0.15) is 8.78 Å². The Hall–Kier alpha value is -1.85. The van der Waals surface area contributed by atoms with E-state index in [0.717, 1.165) is 11.1 Å². The van der Waals surface area contributed by atoms with Crippen LogP contribution in [0.1, 0.15) is 16.7 Å². The van der Waals surface area contributed by atoms with Crippen LogP contribution >= 0.6 is 23.2 Å². The van der Waals surface area contributed by atoms with Gasteiger partial charge in [-0.25, -0.2) is 0 Å². The molecule has 0 spiro atoms. The number of alkyl halides is 2. The fourth-order valence-corrected chi connectivity index (χ4v) is 2.62. The van der Waals surface area contributed by atoms with Gasteiger partial charge < -0.3 is 9.47 Å². The van der Waals surface area contributed by atoms with E-state index < -0.39 is 6.61 Å². The van der Waals surface area contributed by atoms with E-state index in [2.05, 4.69) is 9.72 Å². The number of hydrogen-bond acceptors (Lipinski definition) is 3. The standard InChI is InChI=1S/C15H9Cl2F2NO2/c16-12-5-20-6-13(17)11(12)4-14-10-2-1-9(22-15(18)19)3-8(10)7-21-14/h1-6,15H,7H2. The molecule has 1 aliphatic rings. The lowest BCUT2D eigenvalue weighted by Gasteiger charge is -2.06. The van der Waals surface area contributed by atoms with Gasteiger partial charge in [0, 0.05) is 29.1 Å². The summed E-state index contributed by atoms with van der Waals surface area (Å²) in [4.78, 5) is 3.88. The summed E-state index contributed by atoms with van der Waals surface area (Å²) in [5.41, 5.74) is 2.13. The van der Waals surface area contributed by atoms with Crippen molar-refractivity contribution in [2.24, 2.45) is 0 Å². The quantitative estimate of drug-likeness (QED) is 0.784. The van der Waals surface area contributed by atoms with Crippen LogP contribution in [0.3, 0.4) is 0 Å². The van der Waals surface area contributed by atoms with Gasteiger partial charge in [0.2, 0.25) is 0 Å². The van der Waals surface area contributed by atoms with Gasteiger partial charge in [-0.15, -0.1) is 0 Å². The van der Waals surface area contributed by atoms with Gasteiger partial charge in [0.25, 0.3) is 0 Å². The fourth-order valence-electron chi connectivity index (χ4n) is 2.15. The van der Waals surface area contributed by atoms with E-state index in [1.807, 2.05) is 0 Å². The molecule has 0 saturated heterocycles. The number of rotatable bonds is 3. The topological polar surface area (TPSA) is 31.4 Å². The maximum absolute atomic E-state index is 12.2. The van der Waals surface area contributed by atoms with Crippen molar-refractivity contribution in [1.82, 2.24) is 4.98 Å². The molecule has 0 bridgehead atoms. The Bertz CT molecular complexity index is 730.